The monoisotopic (exact) mass is 308 g/mol. The molecule has 6 heteroatoms. The predicted octanol–water partition coefficient (Wildman–Crippen LogP) is 3.09. The first-order valence-electron chi connectivity index (χ1n) is 7.70. The molecule has 5 nitrogen and oxygen atoms in total. The van der Waals surface area contributed by atoms with Crippen LogP contribution in [0, 0.1) is 0 Å². The quantitative estimate of drug-likeness (QED) is 0.874. The number of ether oxygens (including phenoxy) is 1. The molecule has 0 spiro atoms. The molecule has 2 aromatic rings. The van der Waals surface area contributed by atoms with Gasteiger partial charge in [0.15, 0.2) is 0 Å². The molecule has 1 saturated heterocycles. The number of fused-ring (bicyclic) bond motifs is 1. The van der Waals surface area contributed by atoms with Crippen LogP contribution in [0.4, 0.5) is 5.13 Å². The van der Waals surface area contributed by atoms with E-state index >= 15 is 0 Å². The largest absolute Gasteiger partial charge is 0.377 e. The smallest absolute Gasteiger partial charge is 0.214 e. The topological polar surface area (TPSA) is 42.7 Å². The summed E-state index contributed by atoms with van der Waals surface area (Å²) in [5, 5.41) is 5.77. The first-order chi connectivity index (χ1) is 9.97. The number of hydrogen-bond acceptors (Lipinski definition) is 5. The molecule has 1 atom stereocenters. The minimum Gasteiger partial charge on any atom is -0.377 e. The fourth-order valence-electron chi connectivity index (χ4n) is 2.66. The van der Waals surface area contributed by atoms with E-state index in [-0.39, 0.29) is 5.41 Å². The number of rotatable bonds is 3. The van der Waals surface area contributed by atoms with Gasteiger partial charge >= 0.3 is 0 Å². The third-order valence-electron chi connectivity index (χ3n) is 3.85. The molecule has 0 N–H and O–H groups in total. The summed E-state index contributed by atoms with van der Waals surface area (Å²) < 4.78 is 7.69. The lowest BCUT2D eigenvalue weighted by atomic mass is 9.93. The Morgan fingerprint density at radius 3 is 2.90 bits per heavy atom. The van der Waals surface area contributed by atoms with E-state index in [0.29, 0.717) is 6.10 Å². The van der Waals surface area contributed by atoms with Crippen molar-refractivity contribution in [3.05, 3.63) is 11.9 Å². The molecular formula is C15H24N4OS. The van der Waals surface area contributed by atoms with E-state index in [0.717, 1.165) is 41.9 Å². The molecule has 0 radical (unpaired) electrons. The summed E-state index contributed by atoms with van der Waals surface area (Å²) in [4.78, 5) is 8.03. The molecule has 0 bridgehead atoms. The predicted molar refractivity (Wildman–Crippen MR) is 86.4 cm³/mol. The highest BCUT2D eigenvalue weighted by molar-refractivity contribution is 7.20. The molecule has 1 aliphatic rings. The highest BCUT2D eigenvalue weighted by Gasteiger charge is 2.24. The molecule has 0 aromatic carbocycles. The summed E-state index contributed by atoms with van der Waals surface area (Å²) in [5.74, 6) is 0. The van der Waals surface area contributed by atoms with Crippen LogP contribution < -0.4 is 4.90 Å². The second-order valence-electron chi connectivity index (χ2n) is 6.65. The summed E-state index contributed by atoms with van der Waals surface area (Å²) in [6.45, 7) is 11.4. The first kappa shape index (κ1) is 14.8. The molecule has 0 aliphatic carbocycles. The Hall–Kier alpha value is -1.14. The van der Waals surface area contributed by atoms with Gasteiger partial charge in [-0.2, -0.15) is 0 Å². The van der Waals surface area contributed by atoms with Crippen molar-refractivity contribution in [2.45, 2.75) is 52.1 Å². The van der Waals surface area contributed by atoms with Crippen molar-refractivity contribution in [3.63, 3.8) is 0 Å². The van der Waals surface area contributed by atoms with Crippen LogP contribution in [0.15, 0.2) is 6.20 Å². The normalized spacial score (nSPS) is 20.4. The maximum Gasteiger partial charge on any atom is 0.214 e. The lowest BCUT2D eigenvalue weighted by Gasteiger charge is -2.31. The van der Waals surface area contributed by atoms with Crippen LogP contribution in [0.25, 0.3) is 4.96 Å². The van der Waals surface area contributed by atoms with Crippen LogP contribution in [0.3, 0.4) is 0 Å². The first-order valence-corrected chi connectivity index (χ1v) is 8.52. The third kappa shape index (κ3) is 3.06. The van der Waals surface area contributed by atoms with Crippen molar-refractivity contribution in [1.29, 1.82) is 0 Å². The molecule has 2 aromatic heterocycles. The van der Waals surface area contributed by atoms with Crippen LogP contribution in [-0.4, -0.2) is 40.4 Å². The molecular weight excluding hydrogens is 284 g/mol. The molecule has 21 heavy (non-hydrogen) atoms. The Bertz CT molecular complexity index is 579. The van der Waals surface area contributed by atoms with E-state index < -0.39 is 0 Å². The van der Waals surface area contributed by atoms with Gasteiger partial charge in [-0.3, -0.25) is 0 Å². The van der Waals surface area contributed by atoms with Gasteiger partial charge in [0.25, 0.3) is 0 Å². The van der Waals surface area contributed by atoms with Crippen molar-refractivity contribution in [2.75, 3.05) is 24.6 Å². The zero-order chi connectivity index (χ0) is 15.0. The van der Waals surface area contributed by atoms with Gasteiger partial charge in [0.1, 0.15) is 0 Å². The van der Waals surface area contributed by atoms with Gasteiger partial charge in [-0.25, -0.2) is 9.50 Å². The molecule has 0 amide bonds. The number of imidazole rings is 1. The van der Waals surface area contributed by atoms with Gasteiger partial charge < -0.3 is 9.64 Å². The number of anilines is 1. The Labute approximate surface area is 129 Å². The summed E-state index contributed by atoms with van der Waals surface area (Å²) in [6.07, 6.45) is 4.71. The Morgan fingerprint density at radius 1 is 1.43 bits per heavy atom. The van der Waals surface area contributed by atoms with Crippen molar-refractivity contribution < 1.29 is 4.74 Å². The van der Waals surface area contributed by atoms with Crippen LogP contribution in [0.2, 0.25) is 0 Å². The number of nitrogens with zero attached hydrogens (tertiary/aromatic N) is 4. The maximum atomic E-state index is 5.77. The zero-order valence-electron chi connectivity index (χ0n) is 13.3. The van der Waals surface area contributed by atoms with Crippen LogP contribution in [0.5, 0.6) is 0 Å². The highest BCUT2D eigenvalue weighted by atomic mass is 32.1. The number of aromatic nitrogens is 3. The van der Waals surface area contributed by atoms with E-state index in [9.17, 15) is 0 Å². The van der Waals surface area contributed by atoms with Crippen LogP contribution >= 0.6 is 11.3 Å². The van der Waals surface area contributed by atoms with Crippen molar-refractivity contribution in [2.24, 2.45) is 0 Å². The van der Waals surface area contributed by atoms with E-state index in [1.54, 1.807) is 11.3 Å². The minimum atomic E-state index is 0.0682. The second-order valence-corrected chi connectivity index (χ2v) is 7.59. The van der Waals surface area contributed by atoms with E-state index in [2.05, 4.69) is 38.8 Å². The lowest BCUT2D eigenvalue weighted by molar-refractivity contribution is 0.0526. The fraction of sp³-hybridized carbons (Fsp3) is 0.733. The number of hydrogen-bond donors (Lipinski definition) is 0. The van der Waals surface area contributed by atoms with Crippen LogP contribution in [0.1, 0.15) is 46.2 Å². The van der Waals surface area contributed by atoms with Gasteiger partial charge in [0.05, 0.1) is 18.0 Å². The molecule has 1 fully saturated rings. The molecule has 0 saturated carbocycles. The molecule has 1 unspecified atom stereocenters. The number of piperidine rings is 1. The van der Waals surface area contributed by atoms with E-state index in [1.807, 2.05) is 4.52 Å². The average Bonchev–Trinajstić information content (AvgIpc) is 2.96. The van der Waals surface area contributed by atoms with E-state index in [4.69, 9.17) is 14.8 Å². The summed E-state index contributed by atoms with van der Waals surface area (Å²) in [6, 6.07) is 0. The minimum absolute atomic E-state index is 0.0682. The standard InChI is InChI=1S/C15H24N4OS/c1-5-20-11-7-6-8-18(9-11)14-17-19-10-12(15(2,3)4)16-13(19)21-14/h10-11H,5-9H2,1-4H3. The Balaban J connectivity index is 1.80. The third-order valence-corrected chi connectivity index (χ3v) is 4.84. The van der Waals surface area contributed by atoms with Gasteiger partial charge in [-0.05, 0) is 19.8 Å². The summed E-state index contributed by atoms with van der Waals surface area (Å²) in [7, 11) is 0. The van der Waals surface area contributed by atoms with E-state index in [1.165, 1.54) is 6.42 Å². The fourth-order valence-corrected chi connectivity index (χ4v) is 3.58. The van der Waals surface area contributed by atoms with Gasteiger partial charge in [0.2, 0.25) is 10.1 Å². The SMILES string of the molecule is CCOC1CCCN(c2nn3cc(C(C)(C)C)nc3s2)C1. The highest BCUT2D eigenvalue weighted by Crippen LogP contribution is 2.29. The Kier molecular flexibility index (Phi) is 3.92. The summed E-state index contributed by atoms with van der Waals surface area (Å²) >= 11 is 1.67. The van der Waals surface area contributed by atoms with Gasteiger partial charge in [-0.1, -0.05) is 32.1 Å². The van der Waals surface area contributed by atoms with Crippen molar-refractivity contribution >= 4 is 21.4 Å². The van der Waals surface area contributed by atoms with Crippen LogP contribution in [-0.2, 0) is 10.2 Å². The average molecular weight is 308 g/mol. The molecule has 1 aliphatic heterocycles. The molecule has 116 valence electrons. The van der Waals surface area contributed by atoms with Crippen molar-refractivity contribution in [3.8, 4) is 0 Å². The van der Waals surface area contributed by atoms with Crippen molar-refractivity contribution in [1.82, 2.24) is 14.6 Å². The van der Waals surface area contributed by atoms with Gasteiger partial charge in [0, 0.05) is 25.1 Å². The Morgan fingerprint density at radius 2 is 2.24 bits per heavy atom. The lowest BCUT2D eigenvalue weighted by Crippen LogP contribution is -2.39. The molecule has 3 heterocycles. The molecule has 3 rings (SSSR count). The second kappa shape index (κ2) is 5.57. The summed E-state index contributed by atoms with van der Waals surface area (Å²) in [5.41, 5.74) is 1.16. The maximum absolute atomic E-state index is 5.77. The zero-order valence-corrected chi connectivity index (χ0v) is 14.1. The van der Waals surface area contributed by atoms with Gasteiger partial charge in [-0.15, -0.1) is 5.10 Å².